The molecule has 1 aliphatic rings. The van der Waals surface area contributed by atoms with Crippen molar-refractivity contribution in [2.75, 3.05) is 20.3 Å². The van der Waals surface area contributed by atoms with Gasteiger partial charge in [0, 0.05) is 19.2 Å². The van der Waals surface area contributed by atoms with Crippen LogP contribution < -0.4 is 0 Å². The zero-order valence-corrected chi connectivity index (χ0v) is 12.2. The van der Waals surface area contributed by atoms with E-state index >= 15 is 0 Å². The summed E-state index contributed by atoms with van der Waals surface area (Å²) in [7, 11) is 1.75. The standard InChI is InChI=1S/C16H25NO2/c1-4-17(12(2)11-19-3)15-9-5-8-14-13(15)7-6-10-16(14)18/h6-7,10,12,15,18H,4-5,8-9,11H2,1-3H3. The molecule has 0 radical (unpaired) electrons. The van der Waals surface area contributed by atoms with E-state index in [1.165, 1.54) is 12.0 Å². The van der Waals surface area contributed by atoms with E-state index in [0.717, 1.165) is 31.6 Å². The Hall–Kier alpha value is -1.06. The molecule has 3 nitrogen and oxygen atoms in total. The highest BCUT2D eigenvalue weighted by Crippen LogP contribution is 2.38. The van der Waals surface area contributed by atoms with Crippen LogP contribution in [0.1, 0.15) is 43.9 Å². The first-order valence-electron chi connectivity index (χ1n) is 7.24. The normalized spacial score (nSPS) is 20.3. The number of benzene rings is 1. The Morgan fingerprint density at radius 3 is 2.95 bits per heavy atom. The van der Waals surface area contributed by atoms with E-state index in [1.54, 1.807) is 13.2 Å². The molecule has 0 bridgehead atoms. The molecule has 0 amide bonds. The van der Waals surface area contributed by atoms with Gasteiger partial charge in [0.05, 0.1) is 6.61 Å². The third kappa shape index (κ3) is 2.93. The fraction of sp³-hybridized carbons (Fsp3) is 0.625. The van der Waals surface area contributed by atoms with Crippen LogP contribution in [0.4, 0.5) is 0 Å². The summed E-state index contributed by atoms with van der Waals surface area (Å²) in [6.45, 7) is 6.16. The molecule has 2 rings (SSSR count). The summed E-state index contributed by atoms with van der Waals surface area (Å²) >= 11 is 0. The summed E-state index contributed by atoms with van der Waals surface area (Å²) in [5.41, 5.74) is 2.44. The van der Waals surface area contributed by atoms with E-state index < -0.39 is 0 Å². The van der Waals surface area contributed by atoms with Crippen molar-refractivity contribution < 1.29 is 9.84 Å². The van der Waals surface area contributed by atoms with E-state index in [0.29, 0.717) is 17.8 Å². The third-order valence-electron chi connectivity index (χ3n) is 4.19. The molecule has 1 aliphatic carbocycles. The molecule has 0 saturated heterocycles. The van der Waals surface area contributed by atoms with E-state index in [-0.39, 0.29) is 0 Å². The molecule has 0 aliphatic heterocycles. The summed E-state index contributed by atoms with van der Waals surface area (Å²) in [5, 5.41) is 10.0. The zero-order valence-electron chi connectivity index (χ0n) is 12.2. The maximum absolute atomic E-state index is 10.0. The zero-order chi connectivity index (χ0) is 13.8. The maximum atomic E-state index is 10.0. The Morgan fingerprint density at radius 2 is 2.26 bits per heavy atom. The van der Waals surface area contributed by atoms with Crippen LogP contribution in [-0.2, 0) is 11.2 Å². The number of phenols is 1. The van der Waals surface area contributed by atoms with Gasteiger partial charge in [-0.2, -0.15) is 0 Å². The smallest absolute Gasteiger partial charge is 0.119 e. The topological polar surface area (TPSA) is 32.7 Å². The van der Waals surface area contributed by atoms with Crippen molar-refractivity contribution in [3.8, 4) is 5.75 Å². The lowest BCUT2D eigenvalue weighted by Gasteiger charge is -2.39. The maximum Gasteiger partial charge on any atom is 0.119 e. The predicted molar refractivity (Wildman–Crippen MR) is 77.5 cm³/mol. The van der Waals surface area contributed by atoms with E-state index in [4.69, 9.17) is 4.74 Å². The fourth-order valence-corrected chi connectivity index (χ4v) is 3.32. The second-order valence-electron chi connectivity index (χ2n) is 5.39. The van der Waals surface area contributed by atoms with Crippen LogP contribution in [0.15, 0.2) is 18.2 Å². The fourth-order valence-electron chi connectivity index (χ4n) is 3.32. The number of likely N-dealkylation sites (N-methyl/N-ethyl adjacent to an activating group) is 1. The van der Waals surface area contributed by atoms with Gasteiger partial charge < -0.3 is 9.84 Å². The third-order valence-corrected chi connectivity index (χ3v) is 4.19. The Bertz CT molecular complexity index is 419. The summed E-state index contributed by atoms with van der Waals surface area (Å²) in [5.74, 6) is 0.456. The van der Waals surface area contributed by atoms with Crippen LogP contribution in [0.5, 0.6) is 5.75 Å². The molecule has 2 atom stereocenters. The molecule has 0 saturated carbocycles. The Kier molecular flexibility index (Phi) is 4.83. The van der Waals surface area contributed by atoms with E-state index in [1.807, 2.05) is 6.07 Å². The number of ether oxygens (including phenoxy) is 1. The lowest BCUT2D eigenvalue weighted by Crippen LogP contribution is -2.40. The molecular weight excluding hydrogens is 238 g/mol. The highest BCUT2D eigenvalue weighted by molar-refractivity contribution is 5.42. The first-order chi connectivity index (χ1) is 9.19. The summed E-state index contributed by atoms with van der Waals surface area (Å²) < 4.78 is 5.30. The number of hydrogen-bond acceptors (Lipinski definition) is 3. The number of aromatic hydroxyl groups is 1. The molecule has 1 aromatic rings. The average molecular weight is 263 g/mol. The Balaban J connectivity index is 2.29. The minimum atomic E-state index is 0.397. The molecule has 1 N–H and O–H groups in total. The first-order valence-corrected chi connectivity index (χ1v) is 7.24. The van der Waals surface area contributed by atoms with Crippen molar-refractivity contribution >= 4 is 0 Å². The number of fused-ring (bicyclic) bond motifs is 1. The van der Waals surface area contributed by atoms with Gasteiger partial charge in [0.2, 0.25) is 0 Å². The molecule has 0 aromatic heterocycles. The van der Waals surface area contributed by atoms with Gasteiger partial charge in [-0.25, -0.2) is 0 Å². The van der Waals surface area contributed by atoms with Crippen LogP contribution in [-0.4, -0.2) is 36.3 Å². The lowest BCUT2D eigenvalue weighted by molar-refractivity contribution is 0.0664. The largest absolute Gasteiger partial charge is 0.508 e. The van der Waals surface area contributed by atoms with Crippen LogP contribution in [0.3, 0.4) is 0 Å². The van der Waals surface area contributed by atoms with Crippen LogP contribution in [0.2, 0.25) is 0 Å². The summed E-state index contributed by atoms with van der Waals surface area (Å²) in [4.78, 5) is 2.49. The quantitative estimate of drug-likeness (QED) is 0.886. The van der Waals surface area contributed by atoms with Gasteiger partial charge >= 0.3 is 0 Å². The van der Waals surface area contributed by atoms with Crippen molar-refractivity contribution in [3.05, 3.63) is 29.3 Å². The summed E-state index contributed by atoms with van der Waals surface area (Å²) in [6, 6.07) is 6.73. The highest BCUT2D eigenvalue weighted by Gasteiger charge is 2.29. The Labute approximate surface area is 116 Å². The molecule has 0 spiro atoms. The number of nitrogens with zero attached hydrogens (tertiary/aromatic N) is 1. The monoisotopic (exact) mass is 263 g/mol. The summed E-state index contributed by atoms with van der Waals surface area (Å²) in [6.07, 6.45) is 3.30. The van der Waals surface area contributed by atoms with Crippen molar-refractivity contribution in [3.63, 3.8) is 0 Å². The van der Waals surface area contributed by atoms with Crippen molar-refractivity contribution in [1.82, 2.24) is 4.90 Å². The predicted octanol–water partition coefficient (Wildman–Crippen LogP) is 3.13. The number of phenolic OH excluding ortho intramolecular Hbond substituents is 1. The molecule has 1 aromatic carbocycles. The first kappa shape index (κ1) is 14.4. The van der Waals surface area contributed by atoms with Crippen molar-refractivity contribution in [2.45, 2.75) is 45.2 Å². The van der Waals surface area contributed by atoms with E-state index in [2.05, 4.69) is 24.8 Å². The van der Waals surface area contributed by atoms with E-state index in [9.17, 15) is 5.11 Å². The number of hydrogen-bond donors (Lipinski definition) is 1. The highest BCUT2D eigenvalue weighted by atomic mass is 16.5. The minimum absolute atomic E-state index is 0.397. The second kappa shape index (κ2) is 6.40. The van der Waals surface area contributed by atoms with Gasteiger partial charge in [0.15, 0.2) is 0 Å². The second-order valence-corrected chi connectivity index (χ2v) is 5.39. The number of rotatable bonds is 5. The molecule has 19 heavy (non-hydrogen) atoms. The molecule has 2 unspecified atom stereocenters. The number of methoxy groups -OCH3 is 1. The van der Waals surface area contributed by atoms with Crippen LogP contribution in [0, 0.1) is 0 Å². The van der Waals surface area contributed by atoms with Gasteiger partial charge in [-0.05, 0) is 49.9 Å². The van der Waals surface area contributed by atoms with Crippen molar-refractivity contribution in [2.24, 2.45) is 0 Å². The van der Waals surface area contributed by atoms with Gasteiger partial charge in [-0.15, -0.1) is 0 Å². The molecule has 0 heterocycles. The molecule has 106 valence electrons. The molecule has 0 fully saturated rings. The van der Waals surface area contributed by atoms with Crippen LogP contribution in [0.25, 0.3) is 0 Å². The molecular formula is C16H25NO2. The SMILES string of the molecule is CCN(C(C)COC)C1CCCc2c(O)cccc21. The van der Waals surface area contributed by atoms with Gasteiger partial charge in [0.25, 0.3) is 0 Å². The average Bonchev–Trinajstić information content (AvgIpc) is 2.41. The Morgan fingerprint density at radius 1 is 1.47 bits per heavy atom. The minimum Gasteiger partial charge on any atom is -0.508 e. The van der Waals surface area contributed by atoms with Crippen LogP contribution >= 0.6 is 0 Å². The van der Waals surface area contributed by atoms with Gasteiger partial charge in [0.1, 0.15) is 5.75 Å². The molecule has 3 heteroatoms. The van der Waals surface area contributed by atoms with Gasteiger partial charge in [-0.1, -0.05) is 19.1 Å². The van der Waals surface area contributed by atoms with Crippen molar-refractivity contribution in [1.29, 1.82) is 0 Å². The lowest BCUT2D eigenvalue weighted by atomic mass is 9.85. The van der Waals surface area contributed by atoms with Gasteiger partial charge in [-0.3, -0.25) is 4.90 Å².